The number of nitrogens with zero attached hydrogens (tertiary/aromatic N) is 1. The molecule has 3 aromatic carbocycles. The first kappa shape index (κ1) is 21.6. The van der Waals surface area contributed by atoms with E-state index in [-0.39, 0.29) is 24.1 Å². The maximum absolute atomic E-state index is 12.8. The summed E-state index contributed by atoms with van der Waals surface area (Å²) in [4.78, 5) is 39.8. The Bertz CT molecular complexity index is 1150. The highest BCUT2D eigenvalue weighted by Crippen LogP contribution is 2.34. The zero-order valence-corrected chi connectivity index (χ0v) is 19.6. The van der Waals surface area contributed by atoms with Crippen LogP contribution in [0, 0.1) is 10.5 Å². The van der Waals surface area contributed by atoms with Crippen LogP contribution in [0.4, 0.5) is 11.4 Å². The van der Waals surface area contributed by atoms with Gasteiger partial charge in [0.15, 0.2) is 0 Å². The third-order valence-electron chi connectivity index (χ3n) is 4.86. The molecule has 5 nitrogen and oxygen atoms in total. The van der Waals surface area contributed by atoms with Crippen molar-refractivity contribution in [3.63, 3.8) is 0 Å². The lowest BCUT2D eigenvalue weighted by Gasteiger charge is -2.15. The van der Waals surface area contributed by atoms with Crippen molar-refractivity contribution < 1.29 is 14.4 Å². The minimum absolute atomic E-state index is 0.168. The first-order valence-corrected chi connectivity index (χ1v) is 11.6. The van der Waals surface area contributed by atoms with Crippen molar-refractivity contribution in [2.24, 2.45) is 0 Å². The molecule has 1 aliphatic rings. The maximum atomic E-state index is 12.8. The molecule has 0 aromatic heterocycles. The van der Waals surface area contributed by atoms with E-state index in [9.17, 15) is 14.4 Å². The molecule has 156 valence electrons. The normalized spacial score (nSPS) is 15.9. The monoisotopic (exact) mass is 542 g/mol. The van der Waals surface area contributed by atoms with E-state index in [1.807, 2.05) is 49.4 Å². The summed E-state index contributed by atoms with van der Waals surface area (Å²) in [5.41, 5.74) is 2.90. The van der Waals surface area contributed by atoms with Crippen molar-refractivity contribution in [2.75, 3.05) is 10.2 Å². The standard InChI is InChI=1S/C24H19IN2O3S/c1-15-3-2-4-16(13-15)23(29)26-18-7-11-20(12-8-18)31-21-14-22(28)27(24(21)30)19-9-5-17(25)6-10-19/h2-13,21H,14H2,1H3,(H,26,29). The highest BCUT2D eigenvalue weighted by Gasteiger charge is 2.40. The van der Waals surface area contributed by atoms with Crippen LogP contribution in [0.2, 0.25) is 0 Å². The smallest absolute Gasteiger partial charge is 0.255 e. The van der Waals surface area contributed by atoms with Gasteiger partial charge in [-0.25, -0.2) is 4.90 Å². The first-order valence-electron chi connectivity index (χ1n) is 9.68. The minimum atomic E-state index is -0.459. The number of thioether (sulfide) groups is 1. The number of nitrogens with one attached hydrogen (secondary N) is 1. The lowest BCUT2D eigenvalue weighted by Crippen LogP contribution is -2.31. The molecule has 4 rings (SSSR count). The van der Waals surface area contributed by atoms with Gasteiger partial charge in [-0.3, -0.25) is 14.4 Å². The predicted molar refractivity (Wildman–Crippen MR) is 131 cm³/mol. The molecule has 1 N–H and O–H groups in total. The van der Waals surface area contributed by atoms with E-state index in [1.165, 1.54) is 16.7 Å². The second-order valence-corrected chi connectivity index (χ2v) is 9.72. The molecule has 1 atom stereocenters. The summed E-state index contributed by atoms with van der Waals surface area (Å²) in [7, 11) is 0. The molecule has 7 heteroatoms. The molecular weight excluding hydrogens is 523 g/mol. The van der Waals surface area contributed by atoms with Crippen LogP contribution in [0.3, 0.4) is 0 Å². The number of imide groups is 1. The Morgan fingerprint density at radius 1 is 1.03 bits per heavy atom. The molecule has 1 aliphatic heterocycles. The molecule has 1 unspecified atom stereocenters. The molecular formula is C24H19IN2O3S. The van der Waals surface area contributed by atoms with Crippen LogP contribution in [0.5, 0.6) is 0 Å². The fraction of sp³-hybridized carbons (Fsp3) is 0.125. The van der Waals surface area contributed by atoms with Gasteiger partial charge in [0, 0.05) is 26.1 Å². The molecule has 31 heavy (non-hydrogen) atoms. The third-order valence-corrected chi connectivity index (χ3v) is 6.78. The van der Waals surface area contributed by atoms with Gasteiger partial charge in [-0.2, -0.15) is 0 Å². The van der Waals surface area contributed by atoms with Gasteiger partial charge in [-0.15, -0.1) is 11.8 Å². The molecule has 0 saturated carbocycles. The molecule has 3 aromatic rings. The summed E-state index contributed by atoms with van der Waals surface area (Å²) >= 11 is 3.55. The number of benzene rings is 3. The number of amides is 3. The number of anilines is 2. The van der Waals surface area contributed by atoms with Crippen LogP contribution in [0.15, 0.2) is 77.7 Å². The van der Waals surface area contributed by atoms with Gasteiger partial charge < -0.3 is 5.32 Å². The summed E-state index contributed by atoms with van der Waals surface area (Å²) in [6.45, 7) is 1.94. The van der Waals surface area contributed by atoms with E-state index in [1.54, 1.807) is 30.3 Å². The Labute approximate surface area is 198 Å². The number of carbonyl (C=O) groups excluding carboxylic acids is 3. The van der Waals surface area contributed by atoms with Crippen LogP contribution < -0.4 is 10.2 Å². The lowest BCUT2D eigenvalue weighted by atomic mass is 10.1. The molecule has 1 fully saturated rings. The van der Waals surface area contributed by atoms with E-state index in [0.29, 0.717) is 16.9 Å². The molecule has 0 spiro atoms. The van der Waals surface area contributed by atoms with Crippen LogP contribution in [-0.4, -0.2) is 23.0 Å². The Morgan fingerprint density at radius 2 is 1.74 bits per heavy atom. The van der Waals surface area contributed by atoms with Gasteiger partial charge in [0.1, 0.15) is 0 Å². The number of aryl methyl sites for hydroxylation is 1. The first-order chi connectivity index (χ1) is 14.9. The van der Waals surface area contributed by atoms with Crippen LogP contribution in [0.25, 0.3) is 0 Å². The van der Waals surface area contributed by atoms with E-state index < -0.39 is 5.25 Å². The zero-order valence-electron chi connectivity index (χ0n) is 16.7. The van der Waals surface area contributed by atoms with Crippen molar-refractivity contribution in [3.05, 3.63) is 87.5 Å². The van der Waals surface area contributed by atoms with E-state index in [0.717, 1.165) is 14.0 Å². The molecule has 1 saturated heterocycles. The summed E-state index contributed by atoms with van der Waals surface area (Å²) < 4.78 is 1.04. The van der Waals surface area contributed by atoms with Gasteiger partial charge in [0.05, 0.1) is 10.9 Å². The highest BCUT2D eigenvalue weighted by atomic mass is 127. The van der Waals surface area contributed by atoms with E-state index in [2.05, 4.69) is 27.9 Å². The SMILES string of the molecule is Cc1cccc(C(=O)Nc2ccc(SC3CC(=O)N(c4ccc(I)cc4)C3=O)cc2)c1. The number of halogens is 1. The Hall–Kier alpha value is -2.65. The molecule has 1 heterocycles. The third kappa shape index (κ3) is 4.99. The minimum Gasteiger partial charge on any atom is -0.322 e. The Kier molecular flexibility index (Phi) is 6.43. The van der Waals surface area contributed by atoms with Gasteiger partial charge in [-0.05, 0) is 90.2 Å². The summed E-state index contributed by atoms with van der Waals surface area (Å²) in [5, 5.41) is 2.42. The van der Waals surface area contributed by atoms with Crippen molar-refractivity contribution in [3.8, 4) is 0 Å². The molecule has 0 radical (unpaired) electrons. The van der Waals surface area contributed by atoms with Crippen LogP contribution in [-0.2, 0) is 9.59 Å². The van der Waals surface area contributed by atoms with Crippen molar-refractivity contribution in [1.29, 1.82) is 0 Å². The maximum Gasteiger partial charge on any atom is 0.255 e. The average Bonchev–Trinajstić information content (AvgIpc) is 3.03. The van der Waals surface area contributed by atoms with Gasteiger partial charge >= 0.3 is 0 Å². The second-order valence-electron chi connectivity index (χ2n) is 7.20. The summed E-state index contributed by atoms with van der Waals surface area (Å²) in [5.74, 6) is -0.562. The lowest BCUT2D eigenvalue weighted by molar-refractivity contribution is -0.121. The molecule has 0 aliphatic carbocycles. The predicted octanol–water partition coefficient (Wildman–Crippen LogP) is 5.28. The average molecular weight is 542 g/mol. The summed E-state index contributed by atoms with van der Waals surface area (Å²) in [6.07, 6.45) is 0.168. The second kappa shape index (κ2) is 9.23. The Morgan fingerprint density at radius 3 is 2.42 bits per heavy atom. The highest BCUT2D eigenvalue weighted by molar-refractivity contribution is 14.1. The number of rotatable bonds is 5. The van der Waals surface area contributed by atoms with Crippen molar-refractivity contribution in [2.45, 2.75) is 23.5 Å². The van der Waals surface area contributed by atoms with Crippen LogP contribution >= 0.6 is 34.4 Å². The fourth-order valence-electron chi connectivity index (χ4n) is 3.33. The number of carbonyl (C=O) groups is 3. The number of hydrogen-bond donors (Lipinski definition) is 1. The van der Waals surface area contributed by atoms with Crippen LogP contribution in [0.1, 0.15) is 22.3 Å². The molecule has 3 amide bonds. The largest absolute Gasteiger partial charge is 0.322 e. The fourth-order valence-corrected chi connectivity index (χ4v) is 4.74. The topological polar surface area (TPSA) is 66.5 Å². The molecule has 0 bridgehead atoms. The van der Waals surface area contributed by atoms with E-state index >= 15 is 0 Å². The van der Waals surface area contributed by atoms with Crippen molar-refractivity contribution in [1.82, 2.24) is 0 Å². The van der Waals surface area contributed by atoms with Gasteiger partial charge in [-0.1, -0.05) is 17.7 Å². The van der Waals surface area contributed by atoms with E-state index in [4.69, 9.17) is 0 Å². The van der Waals surface area contributed by atoms with Crippen molar-refractivity contribution >= 4 is 63.4 Å². The quantitative estimate of drug-likeness (QED) is 0.352. The summed E-state index contributed by atoms with van der Waals surface area (Å²) in [6, 6.07) is 22.0. The zero-order chi connectivity index (χ0) is 22.0. The number of hydrogen-bond acceptors (Lipinski definition) is 4. The Balaban J connectivity index is 1.41. The van der Waals surface area contributed by atoms with Gasteiger partial charge in [0.2, 0.25) is 11.8 Å². The van der Waals surface area contributed by atoms with Gasteiger partial charge in [0.25, 0.3) is 5.91 Å².